The third kappa shape index (κ3) is 3.78. The number of carboxylic acid groups (broad SMARTS) is 1. The van der Waals surface area contributed by atoms with E-state index in [4.69, 9.17) is 10.5 Å². The molecule has 0 aromatic rings. The van der Waals surface area contributed by atoms with Crippen molar-refractivity contribution in [3.05, 3.63) is 11.1 Å². The van der Waals surface area contributed by atoms with Crippen molar-refractivity contribution >= 4 is 11.9 Å². The van der Waals surface area contributed by atoms with Crippen LogP contribution in [0.1, 0.15) is 34.1 Å². The summed E-state index contributed by atoms with van der Waals surface area (Å²) in [5.41, 5.74) is 6.90. The summed E-state index contributed by atoms with van der Waals surface area (Å²) in [5, 5.41) is 12.0. The topological polar surface area (TPSA) is 102 Å². The third-order valence-corrected chi connectivity index (χ3v) is 3.18. The van der Waals surface area contributed by atoms with Gasteiger partial charge in [0.2, 0.25) is 5.91 Å². The Morgan fingerprint density at radius 1 is 1.47 bits per heavy atom. The van der Waals surface area contributed by atoms with E-state index >= 15 is 0 Å². The fourth-order valence-corrected chi connectivity index (χ4v) is 2.34. The largest absolute Gasteiger partial charge is 0.478 e. The van der Waals surface area contributed by atoms with E-state index in [1.807, 2.05) is 13.8 Å². The first-order valence-corrected chi connectivity index (χ1v) is 6.35. The Morgan fingerprint density at radius 2 is 2.05 bits per heavy atom. The van der Waals surface area contributed by atoms with Gasteiger partial charge >= 0.3 is 5.97 Å². The molecule has 0 aliphatic heterocycles. The molecule has 1 aliphatic rings. The van der Waals surface area contributed by atoms with Gasteiger partial charge in [-0.05, 0) is 32.8 Å². The van der Waals surface area contributed by atoms with Crippen molar-refractivity contribution in [3.8, 4) is 0 Å². The smallest absolute Gasteiger partial charge is 0.331 e. The number of rotatable bonds is 4. The van der Waals surface area contributed by atoms with E-state index in [0.717, 1.165) is 0 Å². The molecule has 0 aromatic heterocycles. The van der Waals surface area contributed by atoms with Crippen LogP contribution in [-0.2, 0) is 14.3 Å². The van der Waals surface area contributed by atoms with Gasteiger partial charge in [0.25, 0.3) is 0 Å². The van der Waals surface area contributed by atoms with Crippen LogP contribution in [0.4, 0.5) is 0 Å². The molecular formula is C13H22N2O4. The molecule has 0 unspecified atom stereocenters. The molecule has 0 saturated heterocycles. The van der Waals surface area contributed by atoms with Crippen molar-refractivity contribution in [1.29, 1.82) is 0 Å². The average molecular weight is 270 g/mol. The standard InChI is InChI=1S/C13H22N2O4/c1-6(2)19-12-7(3)9(13(17)18)5-10(14)11(12)15-8(4)16/h6,10-12H,5,14H2,1-4H3,(H,15,16)(H,17,18)/t10-,11+,12+/m0/s1. The molecule has 1 rings (SSSR count). The average Bonchev–Trinajstić information content (AvgIpc) is 2.26. The lowest BCUT2D eigenvalue weighted by Gasteiger charge is -2.38. The van der Waals surface area contributed by atoms with Crippen LogP contribution in [0.25, 0.3) is 0 Å². The Morgan fingerprint density at radius 3 is 2.47 bits per heavy atom. The quantitative estimate of drug-likeness (QED) is 0.687. The van der Waals surface area contributed by atoms with Crippen LogP contribution < -0.4 is 11.1 Å². The molecule has 0 heterocycles. The second kappa shape index (κ2) is 6.16. The van der Waals surface area contributed by atoms with Crippen LogP contribution in [-0.4, -0.2) is 41.3 Å². The number of carboxylic acids is 1. The van der Waals surface area contributed by atoms with Crippen molar-refractivity contribution in [1.82, 2.24) is 5.32 Å². The number of hydrogen-bond donors (Lipinski definition) is 3. The summed E-state index contributed by atoms with van der Waals surface area (Å²) in [7, 11) is 0. The first-order chi connectivity index (χ1) is 8.73. The summed E-state index contributed by atoms with van der Waals surface area (Å²) >= 11 is 0. The highest BCUT2D eigenvalue weighted by Gasteiger charge is 2.38. The molecule has 4 N–H and O–H groups in total. The lowest BCUT2D eigenvalue weighted by atomic mass is 9.83. The van der Waals surface area contributed by atoms with E-state index < -0.39 is 24.2 Å². The molecule has 0 bridgehead atoms. The van der Waals surface area contributed by atoms with Crippen LogP contribution in [0.5, 0.6) is 0 Å². The maximum absolute atomic E-state index is 11.3. The summed E-state index contributed by atoms with van der Waals surface area (Å²) in [6, 6.07) is -0.870. The molecule has 1 amide bonds. The minimum atomic E-state index is -0.980. The Kier molecular flexibility index (Phi) is 5.08. The van der Waals surface area contributed by atoms with Crippen LogP contribution in [0.15, 0.2) is 11.1 Å². The van der Waals surface area contributed by atoms with Crippen LogP contribution in [0.3, 0.4) is 0 Å². The summed E-state index contributed by atoms with van der Waals surface area (Å²) < 4.78 is 5.75. The molecule has 0 radical (unpaired) electrons. The summed E-state index contributed by atoms with van der Waals surface area (Å²) in [4.78, 5) is 22.5. The number of ether oxygens (including phenoxy) is 1. The molecular weight excluding hydrogens is 248 g/mol. The summed E-state index contributed by atoms with van der Waals surface area (Å²) in [5.74, 6) is -1.18. The van der Waals surface area contributed by atoms with Crippen molar-refractivity contribution in [2.45, 2.75) is 58.4 Å². The van der Waals surface area contributed by atoms with Crippen LogP contribution >= 0.6 is 0 Å². The predicted molar refractivity (Wildman–Crippen MR) is 70.5 cm³/mol. The van der Waals surface area contributed by atoms with Gasteiger partial charge in [0, 0.05) is 18.5 Å². The number of amides is 1. The second-order valence-electron chi connectivity index (χ2n) is 5.17. The lowest BCUT2D eigenvalue weighted by Crippen LogP contribution is -2.58. The summed E-state index contributed by atoms with van der Waals surface area (Å²) in [6.45, 7) is 6.85. The Labute approximate surface area is 113 Å². The monoisotopic (exact) mass is 270 g/mol. The molecule has 0 fully saturated rings. The third-order valence-electron chi connectivity index (χ3n) is 3.18. The molecule has 1 aliphatic carbocycles. The maximum Gasteiger partial charge on any atom is 0.331 e. The van der Waals surface area contributed by atoms with Crippen LogP contribution in [0.2, 0.25) is 0 Å². The number of aliphatic carboxylic acids is 1. The van der Waals surface area contributed by atoms with Gasteiger partial charge in [0.15, 0.2) is 0 Å². The Balaban J connectivity index is 3.11. The highest BCUT2D eigenvalue weighted by molar-refractivity contribution is 5.88. The van der Waals surface area contributed by atoms with E-state index in [1.165, 1.54) is 6.92 Å². The van der Waals surface area contributed by atoms with E-state index in [2.05, 4.69) is 5.32 Å². The van der Waals surface area contributed by atoms with Gasteiger partial charge in [-0.25, -0.2) is 4.79 Å². The first-order valence-electron chi connectivity index (χ1n) is 6.35. The zero-order chi connectivity index (χ0) is 14.7. The highest BCUT2D eigenvalue weighted by atomic mass is 16.5. The van der Waals surface area contributed by atoms with E-state index in [-0.39, 0.29) is 24.0 Å². The van der Waals surface area contributed by atoms with Gasteiger partial charge in [-0.2, -0.15) is 0 Å². The minimum absolute atomic E-state index is 0.0865. The molecule has 6 heteroatoms. The van der Waals surface area contributed by atoms with Gasteiger partial charge in [-0.1, -0.05) is 0 Å². The van der Waals surface area contributed by atoms with E-state index in [0.29, 0.717) is 5.57 Å². The number of nitrogens with two attached hydrogens (primary N) is 1. The van der Waals surface area contributed by atoms with Gasteiger partial charge < -0.3 is 20.9 Å². The van der Waals surface area contributed by atoms with Gasteiger partial charge in [-0.15, -0.1) is 0 Å². The predicted octanol–water partition coefficient (Wildman–Crippen LogP) is 0.417. The van der Waals surface area contributed by atoms with Gasteiger partial charge in [0.05, 0.1) is 12.1 Å². The van der Waals surface area contributed by atoms with Crippen molar-refractivity contribution in [2.24, 2.45) is 5.73 Å². The van der Waals surface area contributed by atoms with Crippen molar-refractivity contribution < 1.29 is 19.4 Å². The lowest BCUT2D eigenvalue weighted by molar-refractivity contribution is -0.133. The second-order valence-corrected chi connectivity index (χ2v) is 5.17. The zero-order valence-corrected chi connectivity index (χ0v) is 11.8. The Hall–Kier alpha value is -1.40. The molecule has 6 nitrogen and oxygen atoms in total. The van der Waals surface area contributed by atoms with E-state index in [9.17, 15) is 14.7 Å². The molecule has 0 aromatic carbocycles. The van der Waals surface area contributed by atoms with E-state index in [1.54, 1.807) is 6.92 Å². The maximum atomic E-state index is 11.3. The van der Waals surface area contributed by atoms with Crippen molar-refractivity contribution in [2.75, 3.05) is 0 Å². The minimum Gasteiger partial charge on any atom is -0.478 e. The molecule has 0 saturated carbocycles. The first kappa shape index (κ1) is 15.7. The van der Waals surface area contributed by atoms with Crippen LogP contribution in [0, 0.1) is 0 Å². The SMILES string of the molecule is CC(=O)N[C@H]1[C@H](OC(C)C)C(C)=C(C(=O)O)C[C@@H]1N. The zero-order valence-electron chi connectivity index (χ0n) is 11.8. The van der Waals surface area contributed by atoms with Gasteiger partial charge in [0.1, 0.15) is 6.10 Å². The van der Waals surface area contributed by atoms with Crippen molar-refractivity contribution in [3.63, 3.8) is 0 Å². The number of carbonyl (C=O) groups excluding carboxylic acids is 1. The molecule has 0 spiro atoms. The fraction of sp³-hybridized carbons (Fsp3) is 0.692. The number of hydrogen-bond acceptors (Lipinski definition) is 4. The summed E-state index contributed by atoms with van der Waals surface area (Å²) in [6.07, 6.45) is -0.361. The molecule has 108 valence electrons. The molecule has 19 heavy (non-hydrogen) atoms. The fourth-order valence-electron chi connectivity index (χ4n) is 2.34. The highest BCUT2D eigenvalue weighted by Crippen LogP contribution is 2.28. The number of nitrogens with one attached hydrogen (secondary N) is 1. The normalized spacial score (nSPS) is 27.6. The molecule has 3 atom stereocenters. The number of carbonyl (C=O) groups is 2. The Bertz CT molecular complexity index is 403. The van der Waals surface area contributed by atoms with Gasteiger partial charge in [-0.3, -0.25) is 4.79 Å².